The van der Waals surface area contributed by atoms with E-state index in [4.69, 9.17) is 18.6 Å². The van der Waals surface area contributed by atoms with Gasteiger partial charge >= 0.3 is 0 Å². The first-order valence-corrected chi connectivity index (χ1v) is 7.87. The minimum absolute atomic E-state index is 0.104. The standard InChI is InChI=1S/C19H23NO5/c1-22-11-9-20(13-16-8-10-25-14-16)19(21)7-5-15-4-6-17(23-2)18(12-15)24-3/h4-8,10,12,14H,9,11,13H2,1-3H3/b7-5+. The molecule has 0 aliphatic heterocycles. The molecule has 6 heteroatoms. The van der Waals surface area contributed by atoms with Crippen LogP contribution in [-0.4, -0.2) is 45.3 Å². The SMILES string of the molecule is COCCN(Cc1ccoc1)C(=O)/C=C/c1ccc(OC)c(OC)c1. The van der Waals surface area contributed by atoms with Crippen molar-refractivity contribution >= 4 is 12.0 Å². The molecule has 134 valence electrons. The predicted octanol–water partition coefficient (Wildman–Crippen LogP) is 2.99. The molecule has 0 radical (unpaired) electrons. The average Bonchev–Trinajstić information content (AvgIpc) is 3.15. The maximum Gasteiger partial charge on any atom is 0.246 e. The Bertz CT molecular complexity index is 694. The highest BCUT2D eigenvalue weighted by molar-refractivity contribution is 5.91. The summed E-state index contributed by atoms with van der Waals surface area (Å²) in [5, 5.41) is 0. The zero-order chi connectivity index (χ0) is 18.1. The van der Waals surface area contributed by atoms with Gasteiger partial charge in [-0.3, -0.25) is 4.79 Å². The van der Waals surface area contributed by atoms with Gasteiger partial charge in [0.2, 0.25) is 5.91 Å². The molecule has 0 atom stereocenters. The van der Waals surface area contributed by atoms with Crippen LogP contribution in [0.2, 0.25) is 0 Å². The molecule has 0 fully saturated rings. The summed E-state index contributed by atoms with van der Waals surface area (Å²) >= 11 is 0. The minimum atomic E-state index is -0.104. The highest BCUT2D eigenvalue weighted by Gasteiger charge is 2.12. The lowest BCUT2D eigenvalue weighted by Crippen LogP contribution is -2.31. The summed E-state index contributed by atoms with van der Waals surface area (Å²) in [6.07, 6.45) is 6.51. The first-order valence-electron chi connectivity index (χ1n) is 7.87. The van der Waals surface area contributed by atoms with E-state index in [1.807, 2.05) is 18.2 Å². The van der Waals surface area contributed by atoms with Gasteiger partial charge in [0.25, 0.3) is 0 Å². The fraction of sp³-hybridized carbons (Fsp3) is 0.316. The molecule has 0 spiro atoms. The van der Waals surface area contributed by atoms with Crippen molar-refractivity contribution in [1.29, 1.82) is 0 Å². The molecule has 1 aromatic carbocycles. The third kappa shape index (κ3) is 5.39. The third-order valence-electron chi connectivity index (χ3n) is 3.66. The minimum Gasteiger partial charge on any atom is -0.493 e. The summed E-state index contributed by atoms with van der Waals surface area (Å²) in [6.45, 7) is 1.43. The van der Waals surface area contributed by atoms with E-state index in [0.717, 1.165) is 11.1 Å². The smallest absolute Gasteiger partial charge is 0.246 e. The van der Waals surface area contributed by atoms with Gasteiger partial charge in [-0.2, -0.15) is 0 Å². The van der Waals surface area contributed by atoms with Crippen molar-refractivity contribution in [3.05, 3.63) is 54.0 Å². The van der Waals surface area contributed by atoms with Crippen molar-refractivity contribution in [1.82, 2.24) is 4.90 Å². The van der Waals surface area contributed by atoms with Crippen LogP contribution in [0.25, 0.3) is 6.08 Å². The lowest BCUT2D eigenvalue weighted by molar-refractivity contribution is -0.127. The molecule has 25 heavy (non-hydrogen) atoms. The molecule has 1 amide bonds. The Labute approximate surface area is 147 Å². The third-order valence-corrected chi connectivity index (χ3v) is 3.66. The van der Waals surface area contributed by atoms with Crippen LogP contribution in [0.5, 0.6) is 11.5 Å². The molecule has 2 aromatic rings. The van der Waals surface area contributed by atoms with Crippen LogP contribution in [0.3, 0.4) is 0 Å². The number of amides is 1. The lowest BCUT2D eigenvalue weighted by atomic mass is 10.2. The van der Waals surface area contributed by atoms with Gasteiger partial charge in [-0.1, -0.05) is 6.07 Å². The van der Waals surface area contributed by atoms with Gasteiger partial charge in [0.15, 0.2) is 11.5 Å². The van der Waals surface area contributed by atoms with Crippen LogP contribution in [0.4, 0.5) is 0 Å². The van der Waals surface area contributed by atoms with E-state index in [1.165, 1.54) is 6.08 Å². The molecular formula is C19H23NO5. The van der Waals surface area contributed by atoms with E-state index in [9.17, 15) is 4.79 Å². The van der Waals surface area contributed by atoms with Gasteiger partial charge in [0.05, 0.1) is 33.4 Å². The molecule has 0 aliphatic rings. The molecule has 6 nitrogen and oxygen atoms in total. The lowest BCUT2D eigenvalue weighted by Gasteiger charge is -2.20. The molecule has 0 bridgehead atoms. The Hall–Kier alpha value is -2.73. The summed E-state index contributed by atoms with van der Waals surface area (Å²) in [5.74, 6) is 1.16. The number of furan rings is 1. The van der Waals surface area contributed by atoms with Crippen LogP contribution < -0.4 is 9.47 Å². The van der Waals surface area contributed by atoms with E-state index >= 15 is 0 Å². The number of carbonyl (C=O) groups excluding carboxylic acids is 1. The molecule has 0 aliphatic carbocycles. The Kier molecular flexibility index (Phi) is 7.10. The second-order valence-electron chi connectivity index (χ2n) is 5.33. The molecule has 0 saturated heterocycles. The molecular weight excluding hydrogens is 322 g/mol. The molecule has 2 rings (SSSR count). The van der Waals surface area contributed by atoms with Crippen LogP contribution in [0.1, 0.15) is 11.1 Å². The van der Waals surface area contributed by atoms with Gasteiger partial charge in [0, 0.05) is 31.8 Å². The maximum atomic E-state index is 12.5. The van der Waals surface area contributed by atoms with Gasteiger partial charge < -0.3 is 23.5 Å². The van der Waals surface area contributed by atoms with Gasteiger partial charge in [0.1, 0.15) is 0 Å². The van der Waals surface area contributed by atoms with E-state index in [0.29, 0.717) is 31.2 Å². The number of rotatable bonds is 9. The number of nitrogens with zero attached hydrogens (tertiary/aromatic N) is 1. The highest BCUT2D eigenvalue weighted by Crippen LogP contribution is 2.28. The van der Waals surface area contributed by atoms with E-state index in [-0.39, 0.29) is 5.91 Å². The fourth-order valence-corrected chi connectivity index (χ4v) is 2.30. The summed E-state index contributed by atoms with van der Waals surface area (Å²) < 4.78 is 20.6. The molecule has 0 saturated carbocycles. The van der Waals surface area contributed by atoms with E-state index in [1.54, 1.807) is 50.9 Å². The molecule has 0 N–H and O–H groups in total. The van der Waals surface area contributed by atoms with E-state index < -0.39 is 0 Å². The second-order valence-corrected chi connectivity index (χ2v) is 5.33. The summed E-state index contributed by atoms with van der Waals surface area (Å²) in [4.78, 5) is 14.2. The van der Waals surface area contributed by atoms with Crippen molar-refractivity contribution in [2.45, 2.75) is 6.54 Å². The van der Waals surface area contributed by atoms with E-state index in [2.05, 4.69) is 0 Å². The van der Waals surface area contributed by atoms with Crippen molar-refractivity contribution in [2.75, 3.05) is 34.5 Å². The fourth-order valence-electron chi connectivity index (χ4n) is 2.30. The number of methoxy groups -OCH3 is 3. The Balaban J connectivity index is 2.09. The number of hydrogen-bond acceptors (Lipinski definition) is 5. The Morgan fingerprint density at radius 3 is 2.60 bits per heavy atom. The summed E-state index contributed by atoms with van der Waals surface area (Å²) in [5.41, 5.74) is 1.78. The van der Waals surface area contributed by atoms with Crippen LogP contribution in [-0.2, 0) is 16.1 Å². The normalized spacial score (nSPS) is 10.8. The molecule has 1 aromatic heterocycles. The largest absolute Gasteiger partial charge is 0.493 e. The van der Waals surface area contributed by atoms with Crippen molar-refractivity contribution < 1.29 is 23.4 Å². The van der Waals surface area contributed by atoms with Crippen LogP contribution in [0.15, 0.2) is 47.3 Å². The number of hydrogen-bond donors (Lipinski definition) is 0. The van der Waals surface area contributed by atoms with Gasteiger partial charge in [-0.05, 0) is 29.8 Å². The highest BCUT2D eigenvalue weighted by atomic mass is 16.5. The zero-order valence-electron chi connectivity index (χ0n) is 14.7. The van der Waals surface area contributed by atoms with Crippen LogP contribution in [0, 0.1) is 0 Å². The second kappa shape index (κ2) is 9.54. The van der Waals surface area contributed by atoms with Gasteiger partial charge in [-0.15, -0.1) is 0 Å². The average molecular weight is 345 g/mol. The monoisotopic (exact) mass is 345 g/mol. The van der Waals surface area contributed by atoms with Crippen LogP contribution >= 0.6 is 0 Å². The predicted molar refractivity (Wildman–Crippen MR) is 94.6 cm³/mol. The molecule has 0 unspecified atom stereocenters. The molecule has 1 heterocycles. The Morgan fingerprint density at radius 2 is 1.96 bits per heavy atom. The van der Waals surface area contributed by atoms with Crippen molar-refractivity contribution in [2.24, 2.45) is 0 Å². The number of carbonyl (C=O) groups is 1. The number of benzene rings is 1. The first-order chi connectivity index (χ1) is 12.2. The summed E-state index contributed by atoms with van der Waals surface area (Å²) in [7, 11) is 4.77. The quantitative estimate of drug-likeness (QED) is 0.654. The Morgan fingerprint density at radius 1 is 1.16 bits per heavy atom. The maximum absolute atomic E-state index is 12.5. The van der Waals surface area contributed by atoms with Crippen molar-refractivity contribution in [3.63, 3.8) is 0 Å². The van der Waals surface area contributed by atoms with Gasteiger partial charge in [-0.25, -0.2) is 0 Å². The zero-order valence-corrected chi connectivity index (χ0v) is 14.7. The number of ether oxygens (including phenoxy) is 3. The topological polar surface area (TPSA) is 61.1 Å². The summed E-state index contributed by atoms with van der Waals surface area (Å²) in [6, 6.07) is 7.32. The van der Waals surface area contributed by atoms with Crippen molar-refractivity contribution in [3.8, 4) is 11.5 Å². The first kappa shape index (κ1) is 18.6.